The molecule has 12 heteroatoms. The highest BCUT2D eigenvalue weighted by molar-refractivity contribution is 5.92. The predicted octanol–water partition coefficient (Wildman–Crippen LogP) is 1.60. The molecule has 4 rings (SSSR count). The Hall–Kier alpha value is -3.02. The van der Waals surface area contributed by atoms with Crippen molar-refractivity contribution in [2.75, 3.05) is 31.7 Å². The van der Waals surface area contributed by atoms with Crippen LogP contribution in [0.3, 0.4) is 0 Å². The first kappa shape index (κ1) is 20.3. The molecule has 1 saturated heterocycles. The predicted molar refractivity (Wildman–Crippen MR) is 98.4 cm³/mol. The fourth-order valence-electron chi connectivity index (χ4n) is 3.64. The van der Waals surface area contributed by atoms with E-state index < -0.39 is 23.7 Å². The fourth-order valence-corrected chi connectivity index (χ4v) is 3.64. The summed E-state index contributed by atoms with van der Waals surface area (Å²) in [7, 11) is 1.06. The number of nitrogens with one attached hydrogen (secondary N) is 1. The number of hydrogen-bond acceptors (Lipinski definition) is 6. The van der Waals surface area contributed by atoms with Gasteiger partial charge in [0.25, 0.3) is 0 Å². The van der Waals surface area contributed by atoms with Crippen LogP contribution in [-0.4, -0.2) is 51.6 Å². The molecule has 2 aliphatic heterocycles. The first-order chi connectivity index (χ1) is 14.2. The minimum atomic E-state index is -4.69. The Labute approximate surface area is 169 Å². The summed E-state index contributed by atoms with van der Waals surface area (Å²) in [5, 5.41) is 6.28. The molecule has 2 aliphatic rings. The highest BCUT2D eigenvalue weighted by Gasteiger charge is 2.39. The van der Waals surface area contributed by atoms with E-state index in [4.69, 9.17) is 9.47 Å². The largest absolute Gasteiger partial charge is 0.454 e. The number of benzene rings is 1. The van der Waals surface area contributed by atoms with Gasteiger partial charge in [-0.25, -0.2) is 9.48 Å². The summed E-state index contributed by atoms with van der Waals surface area (Å²) in [6, 6.07) is 4.66. The summed E-state index contributed by atoms with van der Waals surface area (Å²) in [6.07, 6.45) is -3.84. The molecule has 30 heavy (non-hydrogen) atoms. The Morgan fingerprint density at radius 1 is 1.23 bits per heavy atom. The molecule has 162 valence electrons. The number of nitrogens with zero attached hydrogens (tertiary/aromatic N) is 4. The van der Waals surface area contributed by atoms with Crippen molar-refractivity contribution >= 4 is 11.6 Å². The number of rotatable bonds is 4. The van der Waals surface area contributed by atoms with Crippen LogP contribution < -0.4 is 20.5 Å². The van der Waals surface area contributed by atoms with E-state index >= 15 is 0 Å². The van der Waals surface area contributed by atoms with Crippen molar-refractivity contribution in [3.63, 3.8) is 0 Å². The van der Waals surface area contributed by atoms with Crippen molar-refractivity contribution in [2.24, 2.45) is 7.05 Å². The molecule has 0 unspecified atom stereocenters. The van der Waals surface area contributed by atoms with Crippen molar-refractivity contribution in [1.82, 2.24) is 19.2 Å². The minimum Gasteiger partial charge on any atom is -0.454 e. The number of piperidine rings is 1. The van der Waals surface area contributed by atoms with E-state index in [9.17, 15) is 22.8 Å². The first-order valence-corrected chi connectivity index (χ1v) is 9.37. The van der Waals surface area contributed by atoms with E-state index in [1.165, 1.54) is 0 Å². The van der Waals surface area contributed by atoms with Gasteiger partial charge < -0.3 is 14.8 Å². The van der Waals surface area contributed by atoms with Crippen LogP contribution in [0.25, 0.3) is 0 Å². The second kappa shape index (κ2) is 7.67. The normalized spacial score (nSPS) is 17.3. The standard InChI is InChI=1S/C18H20F3N5O4/c1-24-16(18(19,20)21)23-26(17(24)28)12-4-6-25(7-5-12)9-15(27)22-11-2-3-13-14(8-11)30-10-29-13/h2-3,8,12H,4-7,9-10H2,1H3,(H,22,27). The van der Waals surface area contributed by atoms with Crippen molar-refractivity contribution in [1.29, 1.82) is 0 Å². The van der Waals surface area contributed by atoms with Crippen molar-refractivity contribution < 1.29 is 27.4 Å². The summed E-state index contributed by atoms with van der Waals surface area (Å²) in [5.41, 5.74) is -0.208. The Morgan fingerprint density at radius 3 is 2.60 bits per heavy atom. The number of alkyl halides is 3. The molecular weight excluding hydrogens is 407 g/mol. The molecule has 1 fully saturated rings. The van der Waals surface area contributed by atoms with E-state index in [0.717, 1.165) is 11.7 Å². The third-order valence-corrected chi connectivity index (χ3v) is 5.18. The lowest BCUT2D eigenvalue weighted by atomic mass is 10.1. The third kappa shape index (κ3) is 3.99. The summed E-state index contributed by atoms with van der Waals surface area (Å²) in [6.45, 7) is 1.20. The number of aromatic nitrogens is 3. The van der Waals surface area contributed by atoms with Crippen LogP contribution in [0.4, 0.5) is 18.9 Å². The number of hydrogen-bond donors (Lipinski definition) is 1. The maximum Gasteiger partial charge on any atom is 0.451 e. The van der Waals surface area contributed by atoms with Crippen LogP contribution in [0.1, 0.15) is 24.7 Å². The molecule has 1 amide bonds. The maximum atomic E-state index is 13.0. The number of ether oxygens (including phenoxy) is 2. The number of anilines is 1. The Morgan fingerprint density at radius 2 is 1.93 bits per heavy atom. The number of amides is 1. The fraction of sp³-hybridized carbons (Fsp3) is 0.500. The first-order valence-electron chi connectivity index (χ1n) is 9.37. The number of fused-ring (bicyclic) bond motifs is 1. The molecule has 0 spiro atoms. The molecule has 9 nitrogen and oxygen atoms in total. The summed E-state index contributed by atoms with van der Waals surface area (Å²) in [4.78, 5) is 26.4. The molecule has 1 N–H and O–H groups in total. The zero-order chi connectivity index (χ0) is 21.5. The molecule has 0 saturated carbocycles. The average molecular weight is 427 g/mol. The monoisotopic (exact) mass is 427 g/mol. The van der Waals surface area contributed by atoms with E-state index in [0.29, 0.717) is 47.7 Å². The highest BCUT2D eigenvalue weighted by atomic mass is 19.4. The SMILES string of the molecule is Cn1c(C(F)(F)F)nn(C2CCN(CC(=O)Nc3ccc4c(c3)OCO4)CC2)c1=O. The van der Waals surface area contributed by atoms with Gasteiger partial charge in [0.05, 0.1) is 12.6 Å². The zero-order valence-corrected chi connectivity index (χ0v) is 16.1. The van der Waals surface area contributed by atoms with Gasteiger partial charge in [-0.2, -0.15) is 13.2 Å². The summed E-state index contributed by atoms with van der Waals surface area (Å²) < 4.78 is 50.8. The van der Waals surface area contributed by atoms with Crippen LogP contribution in [0, 0.1) is 0 Å². The average Bonchev–Trinajstić information content (AvgIpc) is 3.27. The molecule has 1 aromatic carbocycles. The summed E-state index contributed by atoms with van der Waals surface area (Å²) in [5.74, 6) is -0.249. The second-order valence-electron chi connectivity index (χ2n) is 7.23. The molecule has 2 aromatic rings. The number of carbonyl (C=O) groups is 1. The van der Waals surface area contributed by atoms with Gasteiger partial charge in [0.2, 0.25) is 18.5 Å². The van der Waals surface area contributed by atoms with Gasteiger partial charge in [-0.3, -0.25) is 14.3 Å². The van der Waals surface area contributed by atoms with E-state index in [2.05, 4.69) is 10.4 Å². The number of carbonyl (C=O) groups excluding carboxylic acids is 1. The van der Waals surface area contributed by atoms with Gasteiger partial charge in [0.1, 0.15) is 0 Å². The molecular formula is C18H20F3N5O4. The smallest absolute Gasteiger partial charge is 0.451 e. The van der Waals surface area contributed by atoms with Gasteiger partial charge in [-0.15, -0.1) is 5.10 Å². The van der Waals surface area contributed by atoms with Crippen molar-refractivity contribution in [3.05, 3.63) is 34.5 Å². The molecule has 3 heterocycles. The minimum absolute atomic E-state index is 0.131. The topological polar surface area (TPSA) is 90.6 Å². The molecule has 0 aliphatic carbocycles. The van der Waals surface area contributed by atoms with Crippen LogP contribution >= 0.6 is 0 Å². The Bertz CT molecular complexity index is 1010. The lowest BCUT2D eigenvalue weighted by molar-refractivity contribution is -0.147. The van der Waals surface area contributed by atoms with Crippen LogP contribution in [-0.2, 0) is 18.0 Å². The molecule has 0 atom stereocenters. The van der Waals surface area contributed by atoms with Gasteiger partial charge in [-0.05, 0) is 25.0 Å². The van der Waals surface area contributed by atoms with Crippen LogP contribution in [0.2, 0.25) is 0 Å². The van der Waals surface area contributed by atoms with Gasteiger partial charge in [0.15, 0.2) is 11.5 Å². The second-order valence-corrected chi connectivity index (χ2v) is 7.23. The highest BCUT2D eigenvalue weighted by Crippen LogP contribution is 2.34. The van der Waals surface area contributed by atoms with E-state index in [-0.39, 0.29) is 19.2 Å². The lowest BCUT2D eigenvalue weighted by Gasteiger charge is -2.30. The van der Waals surface area contributed by atoms with Gasteiger partial charge >= 0.3 is 11.9 Å². The third-order valence-electron chi connectivity index (χ3n) is 5.18. The maximum absolute atomic E-state index is 13.0. The van der Waals surface area contributed by atoms with Crippen LogP contribution in [0.15, 0.2) is 23.0 Å². The van der Waals surface area contributed by atoms with Crippen LogP contribution in [0.5, 0.6) is 11.5 Å². The zero-order valence-electron chi connectivity index (χ0n) is 16.1. The lowest BCUT2D eigenvalue weighted by Crippen LogP contribution is -2.41. The van der Waals surface area contributed by atoms with E-state index in [1.54, 1.807) is 18.2 Å². The Balaban J connectivity index is 1.33. The van der Waals surface area contributed by atoms with Crippen molar-refractivity contribution in [3.8, 4) is 11.5 Å². The molecule has 0 bridgehead atoms. The van der Waals surface area contributed by atoms with E-state index in [1.807, 2.05) is 4.90 Å². The Kier molecular flexibility index (Phi) is 5.18. The quantitative estimate of drug-likeness (QED) is 0.797. The molecule has 1 aromatic heterocycles. The van der Waals surface area contributed by atoms with Gasteiger partial charge in [-0.1, -0.05) is 0 Å². The number of halogens is 3. The molecule has 0 radical (unpaired) electrons. The summed E-state index contributed by atoms with van der Waals surface area (Å²) >= 11 is 0. The number of likely N-dealkylation sites (tertiary alicyclic amines) is 1. The van der Waals surface area contributed by atoms with Crippen molar-refractivity contribution in [2.45, 2.75) is 25.1 Å². The van der Waals surface area contributed by atoms with Gasteiger partial charge in [0, 0.05) is 31.9 Å².